The zero-order valence-corrected chi connectivity index (χ0v) is 19.7. The molecule has 1 saturated carbocycles. The number of rotatable bonds is 11. The lowest BCUT2D eigenvalue weighted by Gasteiger charge is -2.20. The van der Waals surface area contributed by atoms with Gasteiger partial charge in [0.15, 0.2) is 5.89 Å². The number of aryl methyl sites for hydroxylation is 2. The summed E-state index contributed by atoms with van der Waals surface area (Å²) < 4.78 is 22.3. The van der Waals surface area contributed by atoms with E-state index in [1.807, 2.05) is 6.92 Å². The van der Waals surface area contributed by atoms with Crippen LogP contribution in [0.4, 0.5) is 4.79 Å². The number of carboxylic acids is 1. The van der Waals surface area contributed by atoms with Gasteiger partial charge in [0.05, 0.1) is 18.4 Å². The van der Waals surface area contributed by atoms with Gasteiger partial charge in [-0.2, -0.15) is 0 Å². The molecule has 9 heteroatoms. The molecule has 1 fully saturated rings. The third-order valence-electron chi connectivity index (χ3n) is 5.33. The molecule has 0 saturated heterocycles. The number of amides is 1. The molecular weight excluding hydrogens is 452 g/mol. The van der Waals surface area contributed by atoms with Crippen LogP contribution in [0.1, 0.15) is 35.7 Å². The lowest BCUT2D eigenvalue weighted by molar-refractivity contribution is -0.138. The molecule has 0 atom stereocenters. The number of carbonyl (C=O) groups is 2. The van der Waals surface area contributed by atoms with E-state index in [2.05, 4.69) is 4.98 Å². The molecule has 0 bridgehead atoms. The van der Waals surface area contributed by atoms with Crippen molar-refractivity contribution in [2.45, 2.75) is 45.8 Å². The van der Waals surface area contributed by atoms with Gasteiger partial charge in [0.2, 0.25) is 0 Å². The van der Waals surface area contributed by atoms with Crippen LogP contribution in [0.2, 0.25) is 0 Å². The van der Waals surface area contributed by atoms with Gasteiger partial charge in [-0.1, -0.05) is 18.2 Å². The number of carbonyl (C=O) groups excluding carboxylic acids is 1. The van der Waals surface area contributed by atoms with Crippen LogP contribution in [0.15, 0.2) is 52.9 Å². The third kappa shape index (κ3) is 7.23. The van der Waals surface area contributed by atoms with E-state index in [-0.39, 0.29) is 12.6 Å². The molecule has 4 rings (SSSR count). The van der Waals surface area contributed by atoms with Gasteiger partial charge in [-0.3, -0.25) is 9.69 Å². The SMILES string of the molecule is Cc1nc(CCOc2ccc(CN(CC(=O)O)C(=O)Oc3cccc(OC4CC4)c3)cc2)c(C)o1. The second kappa shape index (κ2) is 10.9. The number of hydrogen-bond donors (Lipinski definition) is 1. The average molecular weight is 481 g/mol. The van der Waals surface area contributed by atoms with E-state index in [1.54, 1.807) is 55.5 Å². The fourth-order valence-corrected chi connectivity index (χ4v) is 3.48. The lowest BCUT2D eigenvalue weighted by Crippen LogP contribution is -2.37. The van der Waals surface area contributed by atoms with Crippen molar-refractivity contribution in [3.63, 3.8) is 0 Å². The Bertz CT molecular complexity index is 1170. The molecule has 1 amide bonds. The average Bonchev–Trinajstić information content (AvgIpc) is 3.56. The third-order valence-corrected chi connectivity index (χ3v) is 5.33. The summed E-state index contributed by atoms with van der Waals surface area (Å²) in [4.78, 5) is 29.5. The highest BCUT2D eigenvalue weighted by atomic mass is 16.6. The van der Waals surface area contributed by atoms with Gasteiger partial charge in [-0.25, -0.2) is 9.78 Å². The van der Waals surface area contributed by atoms with Gasteiger partial charge < -0.3 is 23.7 Å². The van der Waals surface area contributed by atoms with Crippen molar-refractivity contribution in [1.29, 1.82) is 0 Å². The minimum absolute atomic E-state index is 0.0705. The first-order valence-corrected chi connectivity index (χ1v) is 11.5. The highest BCUT2D eigenvalue weighted by Gasteiger charge is 2.24. The lowest BCUT2D eigenvalue weighted by atomic mass is 10.2. The summed E-state index contributed by atoms with van der Waals surface area (Å²) in [7, 11) is 0. The minimum Gasteiger partial charge on any atom is -0.493 e. The molecule has 1 N–H and O–H groups in total. The molecule has 0 radical (unpaired) electrons. The largest absolute Gasteiger partial charge is 0.493 e. The van der Waals surface area contributed by atoms with Crippen LogP contribution in [-0.4, -0.2) is 46.3 Å². The Labute approximate surface area is 203 Å². The Kier molecular flexibility index (Phi) is 7.54. The zero-order chi connectivity index (χ0) is 24.8. The molecule has 1 aliphatic rings. The van der Waals surface area contributed by atoms with Crippen LogP contribution in [0, 0.1) is 13.8 Å². The molecule has 0 spiro atoms. The summed E-state index contributed by atoms with van der Waals surface area (Å²) in [5.74, 6) is 1.86. The molecule has 3 aromatic rings. The fourth-order valence-electron chi connectivity index (χ4n) is 3.48. The summed E-state index contributed by atoms with van der Waals surface area (Å²) in [5.41, 5.74) is 1.61. The predicted molar refractivity (Wildman–Crippen MR) is 126 cm³/mol. The van der Waals surface area contributed by atoms with E-state index in [0.717, 1.165) is 34.8 Å². The molecule has 2 aromatic carbocycles. The maximum atomic E-state index is 12.7. The Hall–Kier alpha value is -4.01. The smallest absolute Gasteiger partial charge is 0.416 e. The van der Waals surface area contributed by atoms with Crippen LogP contribution < -0.4 is 14.2 Å². The number of benzene rings is 2. The Balaban J connectivity index is 1.33. The van der Waals surface area contributed by atoms with Crippen molar-refractivity contribution in [1.82, 2.24) is 9.88 Å². The predicted octanol–water partition coefficient (Wildman–Crippen LogP) is 4.54. The van der Waals surface area contributed by atoms with Crippen molar-refractivity contribution in [2.24, 2.45) is 0 Å². The molecule has 9 nitrogen and oxygen atoms in total. The second-order valence-electron chi connectivity index (χ2n) is 8.39. The summed E-state index contributed by atoms with van der Waals surface area (Å²) in [6.45, 7) is 3.69. The Morgan fingerprint density at radius 1 is 1.09 bits per heavy atom. The number of hydrogen-bond acceptors (Lipinski definition) is 7. The maximum Gasteiger partial charge on any atom is 0.416 e. The van der Waals surface area contributed by atoms with Crippen LogP contribution in [0.5, 0.6) is 17.2 Å². The monoisotopic (exact) mass is 480 g/mol. The van der Waals surface area contributed by atoms with Gasteiger partial charge in [-0.15, -0.1) is 0 Å². The van der Waals surface area contributed by atoms with Crippen LogP contribution in [-0.2, 0) is 17.8 Å². The number of carboxylic acid groups (broad SMARTS) is 1. The molecule has 0 unspecified atom stereocenters. The molecule has 35 heavy (non-hydrogen) atoms. The number of aromatic nitrogens is 1. The van der Waals surface area contributed by atoms with Crippen LogP contribution in [0.3, 0.4) is 0 Å². The molecule has 1 aliphatic carbocycles. The summed E-state index contributed by atoms with van der Waals surface area (Å²) in [6.07, 6.45) is 2.11. The molecule has 0 aliphatic heterocycles. The van der Waals surface area contributed by atoms with Gasteiger partial charge in [-0.05, 0) is 49.6 Å². The van der Waals surface area contributed by atoms with Gasteiger partial charge >= 0.3 is 12.1 Å². The second-order valence-corrected chi connectivity index (χ2v) is 8.39. The summed E-state index contributed by atoms with van der Waals surface area (Å²) >= 11 is 0. The van der Waals surface area contributed by atoms with Crippen molar-refractivity contribution in [2.75, 3.05) is 13.2 Å². The number of nitrogens with zero attached hydrogens (tertiary/aromatic N) is 2. The standard InChI is InChI=1S/C26H28N2O7/c1-17-24(27-18(2)33-17)12-13-32-20-8-6-19(7-9-20)15-28(16-25(29)30)26(31)35-23-5-3-4-22(14-23)34-21-10-11-21/h3-9,14,21H,10-13,15-16H2,1-2H3,(H,29,30). The van der Waals surface area contributed by atoms with Crippen molar-refractivity contribution >= 4 is 12.1 Å². The van der Waals surface area contributed by atoms with E-state index < -0.39 is 18.6 Å². The van der Waals surface area contributed by atoms with E-state index in [1.165, 1.54) is 0 Å². The van der Waals surface area contributed by atoms with Gasteiger partial charge in [0, 0.05) is 26.0 Å². The first kappa shape index (κ1) is 24.1. The minimum atomic E-state index is -1.13. The van der Waals surface area contributed by atoms with Crippen molar-refractivity contribution in [3.05, 3.63) is 71.4 Å². The number of oxazole rings is 1. The van der Waals surface area contributed by atoms with Crippen molar-refractivity contribution < 1.29 is 33.3 Å². The maximum absolute atomic E-state index is 12.7. The molecule has 1 aromatic heterocycles. The normalized spacial score (nSPS) is 12.7. The fraction of sp³-hybridized carbons (Fsp3) is 0.346. The highest BCUT2D eigenvalue weighted by molar-refractivity contribution is 5.78. The Morgan fingerprint density at radius 3 is 2.49 bits per heavy atom. The zero-order valence-electron chi connectivity index (χ0n) is 19.7. The van der Waals surface area contributed by atoms with Gasteiger partial charge in [0.1, 0.15) is 29.6 Å². The van der Waals surface area contributed by atoms with Crippen molar-refractivity contribution in [3.8, 4) is 17.2 Å². The Morgan fingerprint density at radius 2 is 1.83 bits per heavy atom. The highest BCUT2D eigenvalue weighted by Crippen LogP contribution is 2.29. The van der Waals surface area contributed by atoms with Crippen LogP contribution in [0.25, 0.3) is 0 Å². The van der Waals surface area contributed by atoms with Gasteiger partial charge in [0.25, 0.3) is 0 Å². The quantitative estimate of drug-likeness (QED) is 0.426. The first-order chi connectivity index (χ1) is 16.9. The summed E-state index contributed by atoms with van der Waals surface area (Å²) in [5, 5.41) is 9.28. The first-order valence-electron chi connectivity index (χ1n) is 11.5. The van der Waals surface area contributed by atoms with Crippen LogP contribution >= 0.6 is 0 Å². The number of aliphatic carboxylic acids is 1. The molecule has 184 valence electrons. The van der Waals surface area contributed by atoms with E-state index in [0.29, 0.717) is 36.2 Å². The molecular formula is C26H28N2O7. The number of ether oxygens (including phenoxy) is 3. The molecule has 1 heterocycles. The van der Waals surface area contributed by atoms with E-state index in [9.17, 15) is 14.7 Å². The summed E-state index contributed by atoms with van der Waals surface area (Å²) in [6, 6.07) is 13.9. The van der Waals surface area contributed by atoms with E-state index in [4.69, 9.17) is 18.6 Å². The topological polar surface area (TPSA) is 111 Å². The van der Waals surface area contributed by atoms with E-state index >= 15 is 0 Å².